The fourth-order valence-electron chi connectivity index (χ4n) is 2.79. The number of nitrogens with one attached hydrogen (secondary N) is 3. The molecule has 0 saturated carbocycles. The van der Waals surface area contributed by atoms with Gasteiger partial charge in [0.2, 0.25) is 10.0 Å². The summed E-state index contributed by atoms with van der Waals surface area (Å²) in [5, 5.41) is 5.33. The van der Waals surface area contributed by atoms with Crippen LogP contribution < -0.4 is 15.4 Å². The number of carbonyl (C=O) groups is 2. The molecular formula is C19H24N4O6S. The summed E-state index contributed by atoms with van der Waals surface area (Å²) in [7, 11) is -3.72. The highest BCUT2D eigenvalue weighted by molar-refractivity contribution is 7.89. The third-order valence-electron chi connectivity index (χ3n) is 4.32. The summed E-state index contributed by atoms with van der Waals surface area (Å²) in [5.74, 6) is -0.536. The first-order valence-electron chi connectivity index (χ1n) is 9.53. The molecule has 1 aromatic carbocycles. The average molecular weight is 436 g/mol. The predicted molar refractivity (Wildman–Crippen MR) is 109 cm³/mol. The molecule has 0 unspecified atom stereocenters. The molecule has 0 aliphatic carbocycles. The minimum absolute atomic E-state index is 0.000820. The molecule has 30 heavy (non-hydrogen) atoms. The monoisotopic (exact) mass is 436 g/mol. The number of H-pyrrole nitrogens is 1. The maximum Gasteiger partial charge on any atom is 0.360 e. The fourth-order valence-corrected chi connectivity index (χ4v) is 4.19. The highest BCUT2D eigenvalue weighted by Crippen LogP contribution is 2.21. The van der Waals surface area contributed by atoms with Gasteiger partial charge >= 0.3 is 12.0 Å². The van der Waals surface area contributed by atoms with Gasteiger partial charge in [-0.05, 0) is 24.6 Å². The van der Waals surface area contributed by atoms with Gasteiger partial charge in [-0.2, -0.15) is 4.31 Å². The van der Waals surface area contributed by atoms with Gasteiger partial charge in [-0.1, -0.05) is 13.0 Å². The van der Waals surface area contributed by atoms with Gasteiger partial charge in [0.05, 0.1) is 13.2 Å². The third-order valence-corrected chi connectivity index (χ3v) is 6.20. The molecular weight excluding hydrogens is 412 g/mol. The molecule has 10 nitrogen and oxygen atoms in total. The Kier molecular flexibility index (Phi) is 7.08. The van der Waals surface area contributed by atoms with E-state index in [0.29, 0.717) is 25.4 Å². The van der Waals surface area contributed by atoms with Crippen LogP contribution in [0.1, 0.15) is 23.8 Å². The van der Waals surface area contributed by atoms with Gasteiger partial charge in [-0.25, -0.2) is 18.0 Å². The molecule has 3 rings (SSSR count). The van der Waals surface area contributed by atoms with Crippen LogP contribution in [0.5, 0.6) is 5.75 Å². The van der Waals surface area contributed by atoms with Crippen molar-refractivity contribution in [2.24, 2.45) is 0 Å². The number of urea groups is 1. The Hall–Kier alpha value is -2.89. The van der Waals surface area contributed by atoms with Gasteiger partial charge in [0.25, 0.3) is 0 Å². The number of hydrogen-bond donors (Lipinski definition) is 3. The zero-order chi connectivity index (χ0) is 21.6. The van der Waals surface area contributed by atoms with Crippen LogP contribution in [0.4, 0.5) is 10.5 Å². The van der Waals surface area contributed by atoms with Crippen molar-refractivity contribution in [1.82, 2.24) is 14.6 Å². The standard InChI is InChI=1S/C19H24N4O6S/c1-2-6-20-19(25)22-14-4-3-5-15(11-14)29-18(24)17-12-16(13-21-17)30(26,27)23-7-9-28-10-8-23/h3-5,11-13,21H,2,6-10H2,1H3,(H2,20,22,25). The van der Waals surface area contributed by atoms with Gasteiger partial charge in [0.1, 0.15) is 16.3 Å². The van der Waals surface area contributed by atoms with Crippen molar-refractivity contribution in [2.75, 3.05) is 38.2 Å². The number of aromatic nitrogens is 1. The van der Waals surface area contributed by atoms with E-state index in [-0.39, 0.29) is 35.5 Å². The first-order valence-corrected chi connectivity index (χ1v) is 11.0. The Balaban J connectivity index is 1.65. The quantitative estimate of drug-likeness (QED) is 0.448. The van der Waals surface area contributed by atoms with Crippen LogP contribution >= 0.6 is 0 Å². The minimum Gasteiger partial charge on any atom is -0.422 e. The van der Waals surface area contributed by atoms with Gasteiger partial charge in [-0.15, -0.1) is 0 Å². The second-order valence-electron chi connectivity index (χ2n) is 6.56. The molecule has 0 spiro atoms. The predicted octanol–water partition coefficient (Wildman–Crippen LogP) is 1.79. The molecule has 162 valence electrons. The van der Waals surface area contributed by atoms with Crippen molar-refractivity contribution >= 4 is 27.7 Å². The van der Waals surface area contributed by atoms with Gasteiger partial charge in [-0.3, -0.25) is 0 Å². The van der Waals surface area contributed by atoms with E-state index in [4.69, 9.17) is 9.47 Å². The van der Waals surface area contributed by atoms with Crippen LogP contribution in [0, 0.1) is 0 Å². The van der Waals surface area contributed by atoms with Crippen molar-refractivity contribution in [3.63, 3.8) is 0 Å². The number of nitrogens with zero attached hydrogens (tertiary/aromatic N) is 1. The second-order valence-corrected chi connectivity index (χ2v) is 8.50. The first kappa shape index (κ1) is 21.8. The molecule has 1 aliphatic heterocycles. The number of hydrogen-bond acceptors (Lipinski definition) is 6. The van der Waals surface area contributed by atoms with E-state index in [1.165, 1.54) is 22.6 Å². The Labute approximate surface area is 174 Å². The highest BCUT2D eigenvalue weighted by Gasteiger charge is 2.28. The smallest absolute Gasteiger partial charge is 0.360 e. The lowest BCUT2D eigenvalue weighted by molar-refractivity contribution is 0.0726. The largest absolute Gasteiger partial charge is 0.422 e. The Morgan fingerprint density at radius 3 is 2.73 bits per heavy atom. The number of morpholine rings is 1. The van der Waals surface area contributed by atoms with Crippen molar-refractivity contribution < 1.29 is 27.5 Å². The Bertz CT molecular complexity index is 998. The maximum absolute atomic E-state index is 12.7. The van der Waals surface area contributed by atoms with E-state index in [9.17, 15) is 18.0 Å². The van der Waals surface area contributed by atoms with Crippen LogP contribution in [0.15, 0.2) is 41.4 Å². The molecule has 2 amide bonds. The van der Waals surface area contributed by atoms with Gasteiger partial charge in [0.15, 0.2) is 0 Å². The van der Waals surface area contributed by atoms with Crippen molar-refractivity contribution in [1.29, 1.82) is 0 Å². The molecule has 2 heterocycles. The molecule has 1 saturated heterocycles. The summed E-state index contributed by atoms with van der Waals surface area (Å²) in [6, 6.07) is 7.22. The molecule has 2 aromatic rings. The molecule has 1 fully saturated rings. The topological polar surface area (TPSA) is 130 Å². The number of ether oxygens (including phenoxy) is 2. The van der Waals surface area contributed by atoms with E-state index in [1.54, 1.807) is 18.2 Å². The van der Waals surface area contributed by atoms with Crippen molar-refractivity contribution in [2.45, 2.75) is 18.2 Å². The molecule has 0 radical (unpaired) electrons. The summed E-state index contributed by atoms with van der Waals surface area (Å²) in [6.45, 7) is 3.68. The third kappa shape index (κ3) is 5.38. The number of rotatable bonds is 7. The lowest BCUT2D eigenvalue weighted by atomic mass is 10.3. The van der Waals surface area contributed by atoms with Crippen molar-refractivity contribution in [3.05, 3.63) is 42.2 Å². The molecule has 0 atom stereocenters. The molecule has 1 aliphatic rings. The number of benzene rings is 1. The lowest BCUT2D eigenvalue weighted by Crippen LogP contribution is -2.40. The summed E-state index contributed by atoms with van der Waals surface area (Å²) in [5.41, 5.74) is 0.455. The minimum atomic E-state index is -3.72. The number of aromatic amines is 1. The summed E-state index contributed by atoms with van der Waals surface area (Å²) >= 11 is 0. The zero-order valence-corrected chi connectivity index (χ0v) is 17.3. The second kappa shape index (κ2) is 9.74. The summed E-state index contributed by atoms with van der Waals surface area (Å²) in [4.78, 5) is 26.8. The van der Waals surface area contributed by atoms with E-state index in [2.05, 4.69) is 15.6 Å². The highest BCUT2D eigenvalue weighted by atomic mass is 32.2. The van der Waals surface area contributed by atoms with E-state index in [1.807, 2.05) is 6.92 Å². The number of amides is 2. The molecule has 1 aromatic heterocycles. The molecule has 3 N–H and O–H groups in total. The summed E-state index contributed by atoms with van der Waals surface area (Å²) < 4.78 is 37.1. The zero-order valence-electron chi connectivity index (χ0n) is 16.5. The normalized spacial score (nSPS) is 14.8. The molecule has 0 bridgehead atoms. The number of anilines is 1. The van der Waals surface area contributed by atoms with Crippen LogP contribution in [-0.2, 0) is 14.8 Å². The maximum atomic E-state index is 12.7. The van der Waals surface area contributed by atoms with Crippen LogP contribution in [0.2, 0.25) is 0 Å². The Morgan fingerprint density at radius 1 is 1.23 bits per heavy atom. The number of esters is 1. The van der Waals surface area contributed by atoms with Crippen LogP contribution in [-0.4, -0.2) is 62.6 Å². The molecule has 11 heteroatoms. The van der Waals surface area contributed by atoms with Gasteiger partial charge < -0.3 is 25.1 Å². The first-order chi connectivity index (χ1) is 14.4. The van der Waals surface area contributed by atoms with E-state index in [0.717, 1.165) is 6.42 Å². The average Bonchev–Trinajstić information content (AvgIpc) is 3.24. The lowest BCUT2D eigenvalue weighted by Gasteiger charge is -2.25. The van der Waals surface area contributed by atoms with E-state index < -0.39 is 16.0 Å². The number of carbonyl (C=O) groups excluding carboxylic acids is 2. The van der Waals surface area contributed by atoms with Crippen LogP contribution in [0.25, 0.3) is 0 Å². The van der Waals surface area contributed by atoms with Crippen molar-refractivity contribution in [3.8, 4) is 5.75 Å². The SMILES string of the molecule is CCCNC(=O)Nc1cccc(OC(=O)c2cc(S(=O)(=O)N3CCOCC3)c[nH]2)c1. The summed E-state index contributed by atoms with van der Waals surface area (Å²) in [6.07, 6.45) is 2.07. The Morgan fingerprint density at radius 2 is 2.00 bits per heavy atom. The fraction of sp³-hybridized carbons (Fsp3) is 0.368. The van der Waals surface area contributed by atoms with Gasteiger partial charge in [0, 0.05) is 37.6 Å². The van der Waals surface area contributed by atoms with E-state index >= 15 is 0 Å². The van der Waals surface area contributed by atoms with Crippen LogP contribution in [0.3, 0.4) is 0 Å². The number of sulfonamides is 1.